The molecule has 190 valence electrons. The second-order valence-electron chi connectivity index (χ2n) is 8.17. The van der Waals surface area contributed by atoms with Crippen LogP contribution in [0.3, 0.4) is 0 Å². The maximum Gasteiger partial charge on any atom is 0.416 e. The number of hydrogen-bond acceptors (Lipinski definition) is 5. The van der Waals surface area contributed by atoms with Crippen molar-refractivity contribution in [2.24, 2.45) is 0 Å². The minimum Gasteiger partial charge on any atom is -0.321 e. The Morgan fingerprint density at radius 3 is 2.54 bits per heavy atom. The maximum atomic E-state index is 13.6. The monoisotopic (exact) mass is 535 g/mol. The van der Waals surface area contributed by atoms with Gasteiger partial charge in [-0.05, 0) is 37.3 Å². The van der Waals surface area contributed by atoms with Crippen LogP contribution in [0.25, 0.3) is 0 Å². The number of benzene rings is 1. The van der Waals surface area contributed by atoms with Crippen LogP contribution in [0.4, 0.5) is 33.9 Å². The van der Waals surface area contributed by atoms with E-state index in [4.69, 9.17) is 16.4 Å². The molecule has 35 heavy (non-hydrogen) atoms. The van der Waals surface area contributed by atoms with Gasteiger partial charge in [-0.25, -0.2) is 14.2 Å². The quantitative estimate of drug-likeness (QED) is 0.562. The van der Waals surface area contributed by atoms with E-state index in [-0.39, 0.29) is 41.1 Å². The fraction of sp³-hybridized carbons (Fsp3) is 0.381. The van der Waals surface area contributed by atoms with Crippen molar-refractivity contribution < 1.29 is 31.4 Å². The van der Waals surface area contributed by atoms with Crippen molar-refractivity contribution in [3.05, 3.63) is 52.4 Å². The predicted octanol–water partition coefficient (Wildman–Crippen LogP) is 4.15. The van der Waals surface area contributed by atoms with Crippen molar-refractivity contribution in [3.8, 4) is 0 Å². The molecule has 0 spiro atoms. The third kappa shape index (κ3) is 6.01. The zero-order valence-corrected chi connectivity index (χ0v) is 20.5. The average Bonchev–Trinajstić information content (AvgIpc) is 3.07. The summed E-state index contributed by atoms with van der Waals surface area (Å²) in [5.41, 5.74) is -0.865. The Balaban J connectivity index is 2.04. The largest absolute Gasteiger partial charge is 0.416 e. The number of pyridine rings is 1. The van der Waals surface area contributed by atoms with E-state index < -0.39 is 45.3 Å². The van der Waals surface area contributed by atoms with E-state index in [0.717, 1.165) is 26.8 Å². The van der Waals surface area contributed by atoms with Gasteiger partial charge in [0.1, 0.15) is 17.7 Å². The fourth-order valence-corrected chi connectivity index (χ4v) is 4.30. The molecule has 1 saturated heterocycles. The first-order valence-corrected chi connectivity index (χ1v) is 12.7. The average molecular weight is 536 g/mol. The number of carbonyl (C=O) groups excluding carboxylic acids is 2. The predicted molar refractivity (Wildman–Crippen MR) is 124 cm³/mol. The van der Waals surface area contributed by atoms with Crippen LogP contribution in [-0.4, -0.2) is 64.2 Å². The highest BCUT2D eigenvalue weighted by Crippen LogP contribution is 2.34. The Morgan fingerprint density at radius 1 is 1.31 bits per heavy atom. The third-order valence-corrected chi connectivity index (χ3v) is 6.60. The number of aromatic nitrogens is 1. The standard InChI is InChI=1S/C21H22ClF4N5O3S/c1-12-8-13(21(24,25)26)9-18(28-12)31-17(11-30(20(31)33)6-7-35(3,27)34)19(32)29(2)14-4-5-16(23)15(22)10-14/h4-5,8-10,17,27H,6-7,11H2,1-3H3. The van der Waals surface area contributed by atoms with Gasteiger partial charge in [-0.15, -0.1) is 0 Å². The van der Waals surface area contributed by atoms with Gasteiger partial charge in [0, 0.05) is 46.7 Å². The SMILES string of the molecule is Cc1cc(C(F)(F)F)cc(N2C(=O)N(CCS(C)(=N)=O)CC2C(=O)N(C)c2ccc(F)c(Cl)c2)n1. The topological polar surface area (TPSA) is 97.7 Å². The van der Waals surface area contributed by atoms with Gasteiger partial charge in [0.05, 0.1) is 17.1 Å². The summed E-state index contributed by atoms with van der Waals surface area (Å²) in [5.74, 6) is -1.96. The fourth-order valence-electron chi connectivity index (χ4n) is 3.55. The molecule has 0 saturated carbocycles. The first-order chi connectivity index (χ1) is 16.1. The van der Waals surface area contributed by atoms with E-state index in [0.29, 0.717) is 6.07 Å². The number of hydrogen-bond donors (Lipinski definition) is 1. The normalized spacial score (nSPS) is 18.1. The van der Waals surface area contributed by atoms with Crippen LogP contribution in [0.2, 0.25) is 5.02 Å². The van der Waals surface area contributed by atoms with Crippen molar-refractivity contribution in [1.82, 2.24) is 9.88 Å². The van der Waals surface area contributed by atoms with Crippen LogP contribution in [0.15, 0.2) is 30.3 Å². The number of rotatable bonds is 6. The van der Waals surface area contributed by atoms with Crippen LogP contribution in [0.1, 0.15) is 11.3 Å². The molecule has 2 unspecified atom stereocenters. The van der Waals surface area contributed by atoms with Crippen molar-refractivity contribution >= 4 is 44.8 Å². The van der Waals surface area contributed by atoms with Gasteiger partial charge in [-0.1, -0.05) is 11.6 Å². The highest BCUT2D eigenvalue weighted by molar-refractivity contribution is 7.91. The number of aryl methyl sites for hydroxylation is 1. The minimum atomic E-state index is -4.72. The van der Waals surface area contributed by atoms with Gasteiger partial charge in [0.25, 0.3) is 5.91 Å². The molecule has 1 fully saturated rings. The van der Waals surface area contributed by atoms with Crippen molar-refractivity contribution in [3.63, 3.8) is 0 Å². The molecule has 1 aliphatic rings. The van der Waals surface area contributed by atoms with Crippen LogP contribution in [-0.2, 0) is 20.7 Å². The number of nitrogens with zero attached hydrogens (tertiary/aromatic N) is 4. The summed E-state index contributed by atoms with van der Waals surface area (Å²) >= 11 is 5.81. The molecule has 0 bridgehead atoms. The van der Waals surface area contributed by atoms with E-state index >= 15 is 0 Å². The van der Waals surface area contributed by atoms with Crippen molar-refractivity contribution in [1.29, 1.82) is 4.78 Å². The Labute approximate surface area is 204 Å². The van der Waals surface area contributed by atoms with E-state index in [1.807, 2.05) is 0 Å². The Hall–Kier alpha value is -2.93. The van der Waals surface area contributed by atoms with Crippen molar-refractivity contribution in [2.75, 3.05) is 41.9 Å². The lowest BCUT2D eigenvalue weighted by molar-refractivity contribution is -0.137. The lowest BCUT2D eigenvalue weighted by atomic mass is 10.1. The first kappa shape index (κ1) is 26.7. The van der Waals surface area contributed by atoms with E-state index in [2.05, 4.69) is 4.98 Å². The molecule has 3 amide bonds. The Kier molecular flexibility index (Phi) is 7.32. The number of halogens is 5. The Morgan fingerprint density at radius 2 is 1.97 bits per heavy atom. The van der Waals surface area contributed by atoms with Crippen LogP contribution in [0.5, 0.6) is 0 Å². The van der Waals surface area contributed by atoms with Gasteiger partial charge in [-0.2, -0.15) is 13.2 Å². The molecule has 2 atom stereocenters. The molecular formula is C21H22ClF4N5O3S. The summed E-state index contributed by atoms with van der Waals surface area (Å²) in [6, 6.07) is 2.92. The number of nitrogens with one attached hydrogen (secondary N) is 1. The van der Waals surface area contributed by atoms with E-state index in [1.165, 1.54) is 32.4 Å². The third-order valence-electron chi connectivity index (χ3n) is 5.35. The molecule has 2 heterocycles. The molecule has 14 heteroatoms. The zero-order valence-electron chi connectivity index (χ0n) is 18.9. The van der Waals surface area contributed by atoms with Crippen LogP contribution < -0.4 is 9.80 Å². The van der Waals surface area contributed by atoms with E-state index in [1.54, 1.807) is 0 Å². The van der Waals surface area contributed by atoms with Gasteiger partial charge in [0.15, 0.2) is 0 Å². The van der Waals surface area contributed by atoms with Crippen molar-refractivity contribution in [2.45, 2.75) is 19.1 Å². The van der Waals surface area contributed by atoms with Gasteiger partial charge in [-0.3, -0.25) is 18.7 Å². The van der Waals surface area contributed by atoms with Gasteiger partial charge < -0.3 is 9.80 Å². The lowest BCUT2D eigenvalue weighted by Gasteiger charge is -2.27. The summed E-state index contributed by atoms with van der Waals surface area (Å²) in [4.78, 5) is 33.8. The molecule has 1 aromatic carbocycles. The second-order valence-corrected chi connectivity index (χ2v) is 11.0. The smallest absolute Gasteiger partial charge is 0.321 e. The number of alkyl halides is 3. The number of anilines is 2. The van der Waals surface area contributed by atoms with Crippen LogP contribution in [0, 0.1) is 17.5 Å². The number of urea groups is 1. The summed E-state index contributed by atoms with van der Waals surface area (Å²) in [7, 11) is -1.63. The zero-order chi connectivity index (χ0) is 26.3. The summed E-state index contributed by atoms with van der Waals surface area (Å²) in [6.45, 7) is 0.929. The number of amides is 3. The molecule has 2 aromatic rings. The molecule has 0 radical (unpaired) electrons. The highest BCUT2D eigenvalue weighted by atomic mass is 35.5. The van der Waals surface area contributed by atoms with Crippen LogP contribution >= 0.6 is 11.6 Å². The Bertz CT molecular complexity index is 1270. The number of carbonyl (C=O) groups is 2. The second kappa shape index (κ2) is 9.61. The summed E-state index contributed by atoms with van der Waals surface area (Å²) < 4.78 is 73.2. The molecule has 1 N–H and O–H groups in total. The van der Waals surface area contributed by atoms with Gasteiger partial charge >= 0.3 is 12.2 Å². The molecule has 0 aliphatic carbocycles. The van der Waals surface area contributed by atoms with E-state index in [9.17, 15) is 31.4 Å². The first-order valence-electron chi connectivity index (χ1n) is 10.2. The molecule has 1 aromatic heterocycles. The molecular weight excluding hydrogens is 514 g/mol. The highest BCUT2D eigenvalue weighted by Gasteiger charge is 2.45. The molecule has 1 aliphatic heterocycles. The minimum absolute atomic E-state index is 0.0197. The summed E-state index contributed by atoms with van der Waals surface area (Å²) in [5, 5.41) is -0.244. The molecule has 3 rings (SSSR count). The lowest BCUT2D eigenvalue weighted by Crippen LogP contribution is -2.47. The van der Waals surface area contributed by atoms with Gasteiger partial charge in [0.2, 0.25) is 0 Å². The number of likely N-dealkylation sites (N-methyl/N-ethyl adjacent to an activating group) is 1. The molecule has 8 nitrogen and oxygen atoms in total. The maximum absolute atomic E-state index is 13.6. The summed E-state index contributed by atoms with van der Waals surface area (Å²) in [6.07, 6.45) is -3.53.